The van der Waals surface area contributed by atoms with Crippen LogP contribution in [-0.2, 0) is 12.8 Å². The fraction of sp³-hybridized carbons (Fsp3) is 0.0556. The Morgan fingerprint density at radius 2 is 1.25 bits per heavy atom. The predicted molar refractivity (Wildman–Crippen MR) is 162 cm³/mol. The molecule has 0 fully saturated rings. The van der Waals surface area contributed by atoms with Gasteiger partial charge in [0.15, 0.2) is 0 Å². The third kappa shape index (κ3) is 3.39. The van der Waals surface area contributed by atoms with E-state index in [9.17, 15) is 5.11 Å². The number of fused-ring (bicyclic) bond motifs is 6. The second kappa shape index (κ2) is 8.92. The molecule has 5 aromatic carbocycles. The van der Waals surface area contributed by atoms with E-state index in [1.54, 1.807) is 6.07 Å². The molecule has 8 rings (SSSR count). The van der Waals surface area contributed by atoms with Crippen LogP contribution in [-0.4, -0.2) is 19.6 Å². The first-order chi connectivity index (χ1) is 19.8. The van der Waals surface area contributed by atoms with Crippen molar-refractivity contribution in [2.45, 2.75) is 12.8 Å². The maximum absolute atomic E-state index is 10.8. The lowest BCUT2D eigenvalue weighted by Crippen LogP contribution is -2.07. The molecule has 0 radical (unpaired) electrons. The van der Waals surface area contributed by atoms with Gasteiger partial charge in [0.25, 0.3) is 0 Å². The van der Waals surface area contributed by atoms with Gasteiger partial charge in [-0.05, 0) is 59.7 Å². The maximum atomic E-state index is 10.8. The first kappa shape index (κ1) is 22.7. The number of aromatic nitrogens is 3. The first-order valence-electron chi connectivity index (χ1n) is 13.6. The molecule has 190 valence electrons. The lowest BCUT2D eigenvalue weighted by Gasteiger charge is -2.22. The van der Waals surface area contributed by atoms with Gasteiger partial charge in [0.2, 0.25) is 0 Å². The van der Waals surface area contributed by atoms with Crippen LogP contribution in [0.2, 0.25) is 0 Å². The van der Waals surface area contributed by atoms with Crippen molar-refractivity contribution in [3.05, 3.63) is 132 Å². The minimum atomic E-state index is 0.200. The number of phenols is 1. The van der Waals surface area contributed by atoms with E-state index < -0.39 is 0 Å². The van der Waals surface area contributed by atoms with E-state index in [4.69, 9.17) is 9.97 Å². The Labute approximate surface area is 231 Å². The normalized spacial score (nSPS) is 12.4. The summed E-state index contributed by atoms with van der Waals surface area (Å²) in [6.45, 7) is 0. The Kier molecular flexibility index (Phi) is 5.07. The Hall–Kier alpha value is -5.22. The minimum absolute atomic E-state index is 0.200. The van der Waals surface area contributed by atoms with Crippen LogP contribution in [0.3, 0.4) is 0 Å². The molecule has 0 aliphatic heterocycles. The standard InChI is InChI=1S/C36H25N3O/c40-32-20-9-8-17-29(32)36-38-35-30(18-10-19-31(35)39(36)24-12-2-1-3-13-24)34-27-16-7-6-15-26(27)28-22-21-23-11-4-5-14-25(23)33(28)37-34/h1-20,40H,21-22H2. The molecule has 0 saturated carbocycles. The van der Waals surface area contributed by atoms with Crippen LogP contribution in [0.5, 0.6) is 5.75 Å². The topological polar surface area (TPSA) is 50.9 Å². The van der Waals surface area contributed by atoms with E-state index in [1.807, 2.05) is 36.4 Å². The largest absolute Gasteiger partial charge is 0.507 e. The SMILES string of the molecule is Oc1ccccc1-c1nc2c(-c3nc4c(c5ccccc35)CCc3ccccc3-4)cccc2n1-c1ccccc1. The highest BCUT2D eigenvalue weighted by atomic mass is 16.3. The smallest absolute Gasteiger partial charge is 0.149 e. The van der Waals surface area contributed by atoms with Crippen molar-refractivity contribution < 1.29 is 5.11 Å². The van der Waals surface area contributed by atoms with Gasteiger partial charge < -0.3 is 5.11 Å². The van der Waals surface area contributed by atoms with E-state index in [0.717, 1.165) is 51.9 Å². The van der Waals surface area contributed by atoms with Gasteiger partial charge in [-0.3, -0.25) is 4.57 Å². The van der Waals surface area contributed by atoms with Crippen LogP contribution in [0.1, 0.15) is 11.1 Å². The summed E-state index contributed by atoms with van der Waals surface area (Å²) < 4.78 is 2.13. The Morgan fingerprint density at radius 1 is 0.550 bits per heavy atom. The van der Waals surface area contributed by atoms with Crippen LogP contribution >= 0.6 is 0 Å². The fourth-order valence-electron chi connectivity index (χ4n) is 6.20. The van der Waals surface area contributed by atoms with Gasteiger partial charge in [0.05, 0.1) is 28.0 Å². The van der Waals surface area contributed by atoms with Crippen LogP contribution in [0, 0.1) is 0 Å². The minimum Gasteiger partial charge on any atom is -0.507 e. The van der Waals surface area contributed by atoms with Gasteiger partial charge >= 0.3 is 0 Å². The van der Waals surface area contributed by atoms with Crippen LogP contribution in [0.25, 0.3) is 61.4 Å². The summed E-state index contributed by atoms with van der Waals surface area (Å²) in [6.07, 6.45) is 2.00. The van der Waals surface area contributed by atoms with Crippen LogP contribution < -0.4 is 0 Å². The highest BCUT2D eigenvalue weighted by Gasteiger charge is 2.24. The molecule has 0 unspecified atom stereocenters. The number of benzene rings is 5. The van der Waals surface area contributed by atoms with Crippen molar-refractivity contribution in [1.29, 1.82) is 0 Å². The highest BCUT2D eigenvalue weighted by molar-refractivity contribution is 6.06. The molecule has 1 N–H and O–H groups in total. The molecule has 40 heavy (non-hydrogen) atoms. The highest BCUT2D eigenvalue weighted by Crippen LogP contribution is 2.42. The van der Waals surface area contributed by atoms with Crippen LogP contribution in [0.15, 0.2) is 121 Å². The summed E-state index contributed by atoms with van der Waals surface area (Å²) in [5.41, 5.74) is 10.3. The maximum Gasteiger partial charge on any atom is 0.149 e. The molecule has 4 heteroatoms. The number of pyridine rings is 1. The Bertz CT molecular complexity index is 2070. The monoisotopic (exact) mass is 515 g/mol. The van der Waals surface area contributed by atoms with Crippen molar-refractivity contribution in [3.63, 3.8) is 0 Å². The molecule has 7 aromatic rings. The Morgan fingerprint density at radius 3 is 2.10 bits per heavy atom. The van der Waals surface area contributed by atoms with E-state index in [-0.39, 0.29) is 5.75 Å². The van der Waals surface area contributed by atoms with Crippen molar-refractivity contribution in [1.82, 2.24) is 14.5 Å². The average Bonchev–Trinajstić information content (AvgIpc) is 3.41. The lowest BCUT2D eigenvalue weighted by atomic mass is 9.85. The number of hydrogen-bond donors (Lipinski definition) is 1. The van der Waals surface area contributed by atoms with E-state index in [0.29, 0.717) is 11.4 Å². The average molecular weight is 516 g/mol. The summed E-state index contributed by atoms with van der Waals surface area (Å²) in [7, 11) is 0. The van der Waals surface area contributed by atoms with Gasteiger partial charge in [-0.2, -0.15) is 0 Å². The second-order valence-electron chi connectivity index (χ2n) is 10.3. The number of phenolic OH excluding ortho intramolecular Hbond substituents is 1. The summed E-state index contributed by atoms with van der Waals surface area (Å²) in [5, 5.41) is 13.2. The summed E-state index contributed by atoms with van der Waals surface area (Å²) in [5.74, 6) is 0.893. The summed E-state index contributed by atoms with van der Waals surface area (Å²) in [6, 6.07) is 41.1. The van der Waals surface area contributed by atoms with Gasteiger partial charge in [-0.25, -0.2) is 9.97 Å². The molecule has 2 aromatic heterocycles. The van der Waals surface area contributed by atoms with Gasteiger partial charge in [0, 0.05) is 22.2 Å². The first-order valence-corrected chi connectivity index (χ1v) is 13.6. The zero-order valence-electron chi connectivity index (χ0n) is 21.8. The molecule has 0 saturated heterocycles. The number of nitrogens with zero attached hydrogens (tertiary/aromatic N) is 3. The molecule has 0 spiro atoms. The molecular weight excluding hydrogens is 490 g/mol. The molecule has 1 aliphatic carbocycles. The molecule has 4 nitrogen and oxygen atoms in total. The molecule has 0 bridgehead atoms. The third-order valence-corrected chi connectivity index (χ3v) is 8.03. The number of aryl methyl sites for hydroxylation is 2. The fourth-order valence-corrected chi connectivity index (χ4v) is 6.20. The molecular formula is C36H25N3O. The zero-order valence-corrected chi connectivity index (χ0v) is 21.8. The van der Waals surface area contributed by atoms with E-state index >= 15 is 0 Å². The predicted octanol–water partition coefficient (Wildman–Crippen LogP) is 8.38. The Balaban J connectivity index is 1.47. The number of imidazole rings is 1. The zero-order chi connectivity index (χ0) is 26.6. The van der Waals surface area contributed by atoms with Gasteiger partial charge in [-0.15, -0.1) is 0 Å². The molecule has 0 atom stereocenters. The number of hydrogen-bond acceptors (Lipinski definition) is 3. The van der Waals surface area contributed by atoms with Crippen molar-refractivity contribution in [2.24, 2.45) is 0 Å². The quantitative estimate of drug-likeness (QED) is 0.257. The van der Waals surface area contributed by atoms with Gasteiger partial charge in [0.1, 0.15) is 11.6 Å². The van der Waals surface area contributed by atoms with Crippen molar-refractivity contribution in [3.8, 4) is 45.3 Å². The van der Waals surface area contributed by atoms with E-state index in [2.05, 4.69) is 83.4 Å². The summed E-state index contributed by atoms with van der Waals surface area (Å²) >= 11 is 0. The van der Waals surface area contributed by atoms with E-state index in [1.165, 1.54) is 22.1 Å². The molecule has 0 amide bonds. The number of para-hydroxylation sites is 3. The summed E-state index contributed by atoms with van der Waals surface area (Å²) in [4.78, 5) is 10.6. The van der Waals surface area contributed by atoms with Crippen LogP contribution in [0.4, 0.5) is 0 Å². The third-order valence-electron chi connectivity index (χ3n) is 8.03. The van der Waals surface area contributed by atoms with Crippen molar-refractivity contribution in [2.75, 3.05) is 0 Å². The van der Waals surface area contributed by atoms with Crippen molar-refractivity contribution >= 4 is 21.8 Å². The van der Waals surface area contributed by atoms with Gasteiger partial charge in [-0.1, -0.05) is 91.0 Å². The molecule has 1 aliphatic rings. The second-order valence-corrected chi connectivity index (χ2v) is 10.3. The number of aromatic hydroxyl groups is 1. The molecule has 2 heterocycles. The number of rotatable bonds is 3. The lowest BCUT2D eigenvalue weighted by molar-refractivity contribution is 0.477.